The molecule has 29 heavy (non-hydrogen) atoms. The molecule has 0 aliphatic heterocycles. The van der Waals surface area contributed by atoms with E-state index in [-0.39, 0.29) is 24.2 Å². The molecule has 1 amide bonds. The zero-order valence-electron chi connectivity index (χ0n) is 15.3. The van der Waals surface area contributed by atoms with Crippen molar-refractivity contribution in [3.05, 3.63) is 74.3 Å². The number of hydrogen-bond acceptors (Lipinski definition) is 4. The number of amides is 1. The zero-order valence-corrected chi connectivity index (χ0v) is 16.1. The maximum atomic E-state index is 12.9. The Balaban J connectivity index is 2.30. The molecule has 10 heteroatoms. The fourth-order valence-corrected chi connectivity index (χ4v) is 2.75. The Morgan fingerprint density at radius 3 is 2.41 bits per heavy atom. The van der Waals surface area contributed by atoms with Crippen molar-refractivity contribution in [1.82, 2.24) is 4.90 Å². The molecular weight excluding hydrogens is 413 g/mol. The summed E-state index contributed by atoms with van der Waals surface area (Å²) in [6.45, 7) is 0.405. The van der Waals surface area contributed by atoms with Gasteiger partial charge in [0.2, 0.25) is 0 Å². The van der Waals surface area contributed by atoms with Crippen LogP contribution in [0.15, 0.2) is 42.5 Å². The van der Waals surface area contributed by atoms with Crippen LogP contribution in [0, 0.1) is 17.0 Å². The third-order valence-corrected chi connectivity index (χ3v) is 4.56. The number of carbonyl (C=O) groups excluding carboxylic acids is 1. The second-order valence-corrected chi connectivity index (χ2v) is 6.88. The van der Waals surface area contributed by atoms with Crippen LogP contribution in [0.5, 0.6) is 0 Å². The highest BCUT2D eigenvalue weighted by Crippen LogP contribution is 2.23. The molecule has 0 aromatic heterocycles. The van der Waals surface area contributed by atoms with Crippen LogP contribution >= 0.6 is 11.6 Å². The van der Waals surface area contributed by atoms with Crippen molar-refractivity contribution in [2.45, 2.75) is 25.6 Å². The number of carbonyl (C=O) groups is 1. The lowest BCUT2D eigenvalue weighted by Gasteiger charge is -2.27. The summed E-state index contributed by atoms with van der Waals surface area (Å²) < 4.78 is 38.5. The first-order chi connectivity index (χ1) is 13.5. The van der Waals surface area contributed by atoms with Gasteiger partial charge in [-0.2, -0.15) is 13.2 Å². The van der Waals surface area contributed by atoms with E-state index >= 15 is 0 Å². The van der Waals surface area contributed by atoms with Crippen LogP contribution in [0.3, 0.4) is 0 Å². The fraction of sp³-hybridized carbons (Fsp3) is 0.316. The molecule has 0 aliphatic rings. The summed E-state index contributed by atoms with van der Waals surface area (Å²) in [4.78, 5) is 24.0. The minimum Gasteiger partial charge on any atom is -0.382 e. The van der Waals surface area contributed by atoms with Gasteiger partial charge in [-0.1, -0.05) is 29.8 Å². The van der Waals surface area contributed by atoms with Crippen LogP contribution in [0.2, 0.25) is 5.02 Å². The van der Waals surface area contributed by atoms with E-state index in [9.17, 15) is 33.2 Å². The molecule has 0 aliphatic carbocycles. The molecule has 6 nitrogen and oxygen atoms in total. The molecule has 2 aromatic carbocycles. The fourth-order valence-electron chi connectivity index (χ4n) is 2.63. The minimum absolute atomic E-state index is 0.0929. The van der Waals surface area contributed by atoms with Crippen molar-refractivity contribution in [3.8, 4) is 0 Å². The molecule has 0 fully saturated rings. The molecule has 1 N–H and O–H groups in total. The predicted molar refractivity (Wildman–Crippen MR) is 101 cm³/mol. The normalized spacial score (nSPS) is 12.5. The van der Waals surface area contributed by atoms with Crippen molar-refractivity contribution < 1.29 is 28.0 Å². The molecule has 0 saturated heterocycles. The molecule has 2 aromatic rings. The zero-order chi connectivity index (χ0) is 21.8. The minimum atomic E-state index is -4.91. The topological polar surface area (TPSA) is 83.7 Å². The van der Waals surface area contributed by atoms with Crippen molar-refractivity contribution in [3.63, 3.8) is 0 Å². The first-order valence-electron chi connectivity index (χ1n) is 8.52. The average Bonchev–Trinajstić information content (AvgIpc) is 2.65. The van der Waals surface area contributed by atoms with Crippen LogP contribution in [0.4, 0.5) is 18.9 Å². The second kappa shape index (κ2) is 9.23. The smallest absolute Gasteiger partial charge is 0.382 e. The summed E-state index contributed by atoms with van der Waals surface area (Å²) in [5, 5.41) is 20.9. The first-order valence-corrected chi connectivity index (χ1v) is 8.90. The number of nitrogens with zero attached hydrogens (tertiary/aromatic N) is 2. The molecule has 1 atom stereocenters. The van der Waals surface area contributed by atoms with Gasteiger partial charge in [-0.05, 0) is 36.6 Å². The molecule has 156 valence electrons. The number of rotatable bonds is 7. The third-order valence-electron chi connectivity index (χ3n) is 4.30. The quantitative estimate of drug-likeness (QED) is 0.528. The largest absolute Gasteiger partial charge is 0.416 e. The standard InChI is InChI=1S/C19H18ClF3N2O4/c1-12-2-7-15(25(28)29)10-16(12)18(27)24(11-17(26)19(21,22)23)9-8-13-3-5-14(20)6-4-13/h2-7,10,17,26H,8-9,11H2,1H3/t17-/m0/s1. The second-order valence-electron chi connectivity index (χ2n) is 6.44. The summed E-state index contributed by atoms with van der Waals surface area (Å²) in [6, 6.07) is 10.1. The van der Waals surface area contributed by atoms with Gasteiger partial charge in [-0.25, -0.2) is 0 Å². The summed E-state index contributed by atoms with van der Waals surface area (Å²) in [5.41, 5.74) is 0.653. The van der Waals surface area contributed by atoms with Gasteiger partial charge in [-0.3, -0.25) is 14.9 Å². The molecular formula is C19H18ClF3N2O4. The summed E-state index contributed by atoms with van der Waals surface area (Å²) >= 11 is 5.80. The summed E-state index contributed by atoms with van der Waals surface area (Å²) in [5.74, 6) is -0.830. The Morgan fingerprint density at radius 1 is 1.24 bits per heavy atom. The van der Waals surface area contributed by atoms with Crippen LogP contribution in [0.25, 0.3) is 0 Å². The van der Waals surface area contributed by atoms with Gasteiger partial charge >= 0.3 is 6.18 Å². The Kier molecular flexibility index (Phi) is 7.21. The number of hydrogen-bond donors (Lipinski definition) is 1. The van der Waals surface area contributed by atoms with Gasteiger partial charge < -0.3 is 10.0 Å². The van der Waals surface area contributed by atoms with E-state index in [4.69, 9.17) is 11.6 Å². The van der Waals surface area contributed by atoms with Crippen molar-refractivity contribution in [2.24, 2.45) is 0 Å². The highest BCUT2D eigenvalue weighted by Gasteiger charge is 2.40. The van der Waals surface area contributed by atoms with E-state index in [1.165, 1.54) is 19.1 Å². The Bertz CT molecular complexity index is 888. The predicted octanol–water partition coefficient (Wildman–Crippen LogP) is 4.16. The number of aliphatic hydroxyl groups excluding tert-OH is 1. The van der Waals surface area contributed by atoms with E-state index in [2.05, 4.69) is 0 Å². The van der Waals surface area contributed by atoms with Gasteiger partial charge in [0.25, 0.3) is 11.6 Å². The van der Waals surface area contributed by atoms with Crippen molar-refractivity contribution >= 4 is 23.2 Å². The number of non-ortho nitro benzene ring substituents is 1. The highest BCUT2D eigenvalue weighted by atomic mass is 35.5. The summed E-state index contributed by atoms with van der Waals surface area (Å²) in [6.07, 6.45) is -7.44. The molecule has 0 spiro atoms. The number of nitro groups is 1. The maximum absolute atomic E-state index is 12.9. The van der Waals surface area contributed by atoms with Gasteiger partial charge in [0.1, 0.15) is 0 Å². The molecule has 0 saturated carbocycles. The number of nitro benzene ring substituents is 1. The van der Waals surface area contributed by atoms with Gasteiger partial charge in [0.15, 0.2) is 6.10 Å². The lowest BCUT2D eigenvalue weighted by molar-refractivity contribution is -0.384. The van der Waals surface area contributed by atoms with Gasteiger partial charge in [-0.15, -0.1) is 0 Å². The van der Waals surface area contributed by atoms with Crippen LogP contribution in [0.1, 0.15) is 21.5 Å². The molecule has 0 bridgehead atoms. The molecule has 0 unspecified atom stereocenters. The van der Waals surface area contributed by atoms with Crippen LogP contribution < -0.4 is 0 Å². The monoisotopic (exact) mass is 430 g/mol. The van der Waals surface area contributed by atoms with E-state index < -0.39 is 29.7 Å². The first kappa shape index (κ1) is 22.6. The Hall–Kier alpha value is -2.65. The summed E-state index contributed by atoms with van der Waals surface area (Å²) in [7, 11) is 0. The van der Waals surface area contributed by atoms with E-state index in [1.807, 2.05) is 0 Å². The van der Waals surface area contributed by atoms with Gasteiger partial charge in [0.05, 0.1) is 11.5 Å². The Labute approximate surface area is 169 Å². The van der Waals surface area contributed by atoms with Crippen LogP contribution in [-0.4, -0.2) is 46.2 Å². The van der Waals surface area contributed by atoms with E-state index in [0.717, 1.165) is 16.5 Å². The molecule has 0 heterocycles. The third kappa shape index (κ3) is 6.16. The van der Waals surface area contributed by atoms with Crippen molar-refractivity contribution in [1.29, 1.82) is 0 Å². The number of alkyl halides is 3. The SMILES string of the molecule is Cc1ccc([N+](=O)[O-])cc1C(=O)N(CCc1ccc(Cl)cc1)C[C@H](O)C(F)(F)F. The van der Waals surface area contributed by atoms with E-state index in [1.54, 1.807) is 24.3 Å². The lowest BCUT2D eigenvalue weighted by Crippen LogP contribution is -2.44. The molecule has 0 radical (unpaired) electrons. The number of benzene rings is 2. The number of halogens is 4. The number of aryl methyl sites for hydroxylation is 1. The van der Waals surface area contributed by atoms with E-state index in [0.29, 0.717) is 10.6 Å². The number of aliphatic hydroxyl groups is 1. The highest BCUT2D eigenvalue weighted by molar-refractivity contribution is 6.30. The Morgan fingerprint density at radius 2 is 1.86 bits per heavy atom. The average molecular weight is 431 g/mol. The van der Waals surface area contributed by atoms with Gasteiger partial charge in [0, 0.05) is 29.3 Å². The van der Waals surface area contributed by atoms with Crippen molar-refractivity contribution in [2.75, 3.05) is 13.1 Å². The maximum Gasteiger partial charge on any atom is 0.416 e. The molecule has 2 rings (SSSR count). The van der Waals surface area contributed by atoms with Crippen LogP contribution in [-0.2, 0) is 6.42 Å². The lowest BCUT2D eigenvalue weighted by atomic mass is 10.1.